The molecular weight excluding hydrogens is 280 g/mol. The summed E-state index contributed by atoms with van der Waals surface area (Å²) in [7, 11) is 0. The highest BCUT2D eigenvalue weighted by atomic mass is 32.1. The summed E-state index contributed by atoms with van der Waals surface area (Å²) in [6.45, 7) is 0.575. The number of ether oxygens (including phenoxy) is 1. The first-order chi connectivity index (χ1) is 9.70. The summed E-state index contributed by atoms with van der Waals surface area (Å²) >= 11 is 1.71. The smallest absolute Gasteiger partial charge is 0.387 e. The van der Waals surface area contributed by atoms with Gasteiger partial charge in [0.05, 0.1) is 0 Å². The molecule has 0 aliphatic carbocycles. The van der Waals surface area contributed by atoms with Gasteiger partial charge in [-0.25, -0.2) is 0 Å². The lowest BCUT2D eigenvalue weighted by Gasteiger charge is -2.11. The van der Waals surface area contributed by atoms with Gasteiger partial charge in [0, 0.05) is 23.5 Å². The van der Waals surface area contributed by atoms with Gasteiger partial charge in [-0.15, -0.1) is 11.3 Å². The Hall–Kier alpha value is -1.46. The average molecular weight is 297 g/mol. The van der Waals surface area contributed by atoms with Crippen molar-refractivity contribution in [3.63, 3.8) is 0 Å². The van der Waals surface area contributed by atoms with E-state index < -0.39 is 6.61 Å². The predicted octanol–water partition coefficient (Wildman–Crippen LogP) is 4.20. The molecule has 0 radical (unpaired) electrons. The van der Waals surface area contributed by atoms with Crippen molar-refractivity contribution in [1.82, 2.24) is 5.32 Å². The van der Waals surface area contributed by atoms with Gasteiger partial charge in [-0.05, 0) is 29.5 Å². The third-order valence-corrected chi connectivity index (χ3v) is 3.97. The molecule has 0 unspecified atom stereocenters. The van der Waals surface area contributed by atoms with Gasteiger partial charge in [-0.3, -0.25) is 0 Å². The molecule has 0 fully saturated rings. The highest BCUT2D eigenvalue weighted by Gasteiger charge is 2.09. The maximum Gasteiger partial charge on any atom is 0.387 e. The Balaban J connectivity index is 1.94. The maximum absolute atomic E-state index is 12.3. The van der Waals surface area contributed by atoms with Gasteiger partial charge in [0.2, 0.25) is 0 Å². The number of aryl methyl sites for hydroxylation is 1. The molecule has 5 heteroatoms. The Kier molecular flexibility index (Phi) is 5.49. The highest BCUT2D eigenvalue weighted by Crippen LogP contribution is 2.21. The van der Waals surface area contributed by atoms with E-state index in [4.69, 9.17) is 0 Å². The predicted molar refractivity (Wildman–Crippen MR) is 77.3 cm³/mol. The number of hydrogen-bond acceptors (Lipinski definition) is 3. The number of nitrogens with one attached hydrogen (secondary N) is 1. The number of rotatable bonds is 7. The summed E-state index contributed by atoms with van der Waals surface area (Å²) in [4.78, 5) is 1.29. The second-order valence-corrected chi connectivity index (χ2v) is 5.31. The molecule has 2 nitrogen and oxygen atoms in total. The molecule has 108 valence electrons. The van der Waals surface area contributed by atoms with Crippen molar-refractivity contribution >= 4 is 11.3 Å². The van der Waals surface area contributed by atoms with Crippen LogP contribution in [0.15, 0.2) is 35.7 Å². The van der Waals surface area contributed by atoms with Gasteiger partial charge in [0.25, 0.3) is 0 Å². The van der Waals surface area contributed by atoms with Crippen LogP contribution in [0.3, 0.4) is 0 Å². The topological polar surface area (TPSA) is 21.3 Å². The van der Waals surface area contributed by atoms with Crippen LogP contribution in [0.5, 0.6) is 5.75 Å². The van der Waals surface area contributed by atoms with E-state index in [1.807, 2.05) is 6.07 Å². The molecule has 20 heavy (non-hydrogen) atoms. The third-order valence-electron chi connectivity index (χ3n) is 3.01. The minimum atomic E-state index is -2.79. The lowest BCUT2D eigenvalue weighted by atomic mass is 10.2. The molecule has 1 heterocycles. The number of thiophene rings is 1. The second kappa shape index (κ2) is 7.36. The molecule has 1 N–H and O–H groups in total. The zero-order valence-electron chi connectivity index (χ0n) is 11.2. The number of halogens is 2. The first kappa shape index (κ1) is 14.9. The molecule has 0 spiro atoms. The average Bonchev–Trinajstić information content (AvgIpc) is 2.87. The molecule has 1 aromatic carbocycles. The molecule has 0 aliphatic rings. The van der Waals surface area contributed by atoms with E-state index in [0.717, 1.165) is 18.5 Å². The molecule has 2 rings (SSSR count). The zero-order chi connectivity index (χ0) is 14.4. The highest BCUT2D eigenvalue weighted by molar-refractivity contribution is 7.10. The van der Waals surface area contributed by atoms with Crippen molar-refractivity contribution < 1.29 is 13.5 Å². The van der Waals surface area contributed by atoms with Crippen LogP contribution in [0.25, 0.3) is 0 Å². The lowest BCUT2D eigenvalue weighted by Crippen LogP contribution is -2.14. The van der Waals surface area contributed by atoms with Crippen LogP contribution in [0.2, 0.25) is 0 Å². The van der Waals surface area contributed by atoms with E-state index in [-0.39, 0.29) is 5.75 Å². The summed E-state index contributed by atoms with van der Waals surface area (Å²) in [6.07, 6.45) is 1.01. The van der Waals surface area contributed by atoms with Crippen molar-refractivity contribution in [2.24, 2.45) is 0 Å². The fourth-order valence-corrected chi connectivity index (χ4v) is 2.95. The number of alkyl halides is 2. The van der Waals surface area contributed by atoms with Crippen LogP contribution in [0.1, 0.15) is 22.9 Å². The first-order valence-corrected chi connectivity index (χ1v) is 7.37. The van der Waals surface area contributed by atoms with Crippen LogP contribution < -0.4 is 10.1 Å². The third kappa shape index (κ3) is 4.02. The molecular formula is C15H17F2NOS. The van der Waals surface area contributed by atoms with Gasteiger partial charge in [0.1, 0.15) is 5.75 Å². The molecule has 0 bridgehead atoms. The van der Waals surface area contributed by atoms with Crippen LogP contribution in [0.4, 0.5) is 8.78 Å². The van der Waals surface area contributed by atoms with Gasteiger partial charge in [-0.1, -0.05) is 25.1 Å². The molecule has 0 amide bonds. The Labute approximate surface area is 121 Å². The van der Waals surface area contributed by atoms with E-state index in [1.54, 1.807) is 29.5 Å². The summed E-state index contributed by atoms with van der Waals surface area (Å²) in [5.74, 6) is 0.233. The van der Waals surface area contributed by atoms with Crippen LogP contribution in [-0.2, 0) is 19.5 Å². The summed E-state index contributed by atoms with van der Waals surface area (Å²) in [5.41, 5.74) is 2.07. The summed E-state index contributed by atoms with van der Waals surface area (Å²) in [6, 6.07) is 8.98. The van der Waals surface area contributed by atoms with Crippen molar-refractivity contribution in [1.29, 1.82) is 0 Å². The maximum atomic E-state index is 12.3. The largest absolute Gasteiger partial charge is 0.434 e. The fourth-order valence-electron chi connectivity index (χ4n) is 2.01. The minimum absolute atomic E-state index is 0.233. The van der Waals surface area contributed by atoms with E-state index in [2.05, 4.69) is 28.4 Å². The quantitative estimate of drug-likeness (QED) is 0.827. The molecule has 1 aromatic heterocycles. The van der Waals surface area contributed by atoms with Gasteiger partial charge < -0.3 is 10.1 Å². The fraction of sp³-hybridized carbons (Fsp3) is 0.333. The number of para-hydroxylation sites is 1. The van der Waals surface area contributed by atoms with E-state index in [1.165, 1.54) is 10.4 Å². The van der Waals surface area contributed by atoms with Gasteiger partial charge >= 0.3 is 6.61 Å². The Morgan fingerprint density at radius 3 is 2.70 bits per heavy atom. The first-order valence-electron chi connectivity index (χ1n) is 6.49. The van der Waals surface area contributed by atoms with E-state index >= 15 is 0 Å². The number of benzene rings is 1. The summed E-state index contributed by atoms with van der Waals surface area (Å²) < 4.78 is 29.1. The lowest BCUT2D eigenvalue weighted by molar-refractivity contribution is -0.0505. The normalized spacial score (nSPS) is 11.0. The monoisotopic (exact) mass is 297 g/mol. The minimum Gasteiger partial charge on any atom is -0.434 e. The van der Waals surface area contributed by atoms with Crippen molar-refractivity contribution in [2.75, 3.05) is 0 Å². The van der Waals surface area contributed by atoms with Crippen molar-refractivity contribution in [3.05, 3.63) is 51.7 Å². The number of hydrogen-bond donors (Lipinski definition) is 1. The Morgan fingerprint density at radius 1 is 1.15 bits per heavy atom. The van der Waals surface area contributed by atoms with E-state index in [0.29, 0.717) is 6.54 Å². The Morgan fingerprint density at radius 2 is 1.95 bits per heavy atom. The van der Waals surface area contributed by atoms with Crippen LogP contribution >= 0.6 is 11.3 Å². The van der Waals surface area contributed by atoms with Gasteiger partial charge in [0.15, 0.2) is 0 Å². The second-order valence-electron chi connectivity index (χ2n) is 4.31. The van der Waals surface area contributed by atoms with Crippen LogP contribution in [0, 0.1) is 0 Å². The van der Waals surface area contributed by atoms with Crippen molar-refractivity contribution in [3.8, 4) is 5.75 Å². The van der Waals surface area contributed by atoms with Crippen LogP contribution in [-0.4, -0.2) is 6.61 Å². The summed E-state index contributed by atoms with van der Waals surface area (Å²) in [5, 5.41) is 5.35. The molecule has 2 aromatic rings. The molecule has 0 saturated heterocycles. The zero-order valence-corrected chi connectivity index (χ0v) is 12.1. The van der Waals surface area contributed by atoms with E-state index in [9.17, 15) is 8.78 Å². The molecule has 0 saturated carbocycles. The Bertz CT molecular complexity index is 542. The molecule has 0 aliphatic heterocycles. The van der Waals surface area contributed by atoms with Gasteiger partial charge in [-0.2, -0.15) is 8.78 Å². The standard InChI is InChI=1S/C15H17F2NOS/c1-2-11-7-8-20-14(11)10-18-9-12-5-3-4-6-13(12)19-15(16)17/h3-8,15,18H,2,9-10H2,1H3. The molecule has 0 atom stereocenters. The van der Waals surface area contributed by atoms with Crippen molar-refractivity contribution in [2.45, 2.75) is 33.0 Å². The SMILES string of the molecule is CCc1ccsc1CNCc1ccccc1OC(F)F.